The van der Waals surface area contributed by atoms with Crippen LogP contribution < -0.4 is 5.73 Å². The van der Waals surface area contributed by atoms with E-state index in [1.54, 1.807) is 0 Å². The molecule has 2 aromatic rings. The van der Waals surface area contributed by atoms with E-state index in [0.717, 1.165) is 16.9 Å². The zero-order chi connectivity index (χ0) is 11.8. The number of nitrogens with zero attached hydrogens (tertiary/aromatic N) is 1. The topological polar surface area (TPSA) is 38.9 Å². The van der Waals surface area contributed by atoms with Gasteiger partial charge in [-0.3, -0.25) is 4.98 Å². The number of hydrogen-bond donors (Lipinski definition) is 1. The maximum Gasteiger partial charge on any atom is 0.0931 e. The lowest BCUT2D eigenvalue weighted by Crippen LogP contribution is -1.95. The smallest absolute Gasteiger partial charge is 0.0931 e. The van der Waals surface area contributed by atoms with Crippen molar-refractivity contribution in [2.75, 3.05) is 5.73 Å². The number of nitrogens with two attached hydrogens (primary N) is 1. The molecule has 86 valence electrons. The fraction of sp³-hybridized carbons (Fsp3) is 0.267. The molecule has 17 heavy (non-hydrogen) atoms. The highest BCUT2D eigenvalue weighted by atomic mass is 14.7. The van der Waals surface area contributed by atoms with Crippen LogP contribution in [0, 0.1) is 6.92 Å². The molecule has 1 aromatic carbocycles. The van der Waals surface area contributed by atoms with E-state index in [4.69, 9.17) is 5.73 Å². The number of anilines is 1. The van der Waals surface area contributed by atoms with Crippen molar-refractivity contribution < 1.29 is 0 Å². The highest BCUT2D eigenvalue weighted by Crippen LogP contribution is 2.41. The van der Waals surface area contributed by atoms with Crippen molar-refractivity contribution in [3.63, 3.8) is 0 Å². The van der Waals surface area contributed by atoms with Gasteiger partial charge >= 0.3 is 0 Å². The number of rotatable bonds is 2. The van der Waals surface area contributed by atoms with E-state index in [1.807, 2.05) is 6.20 Å². The Hall–Kier alpha value is -1.83. The summed E-state index contributed by atoms with van der Waals surface area (Å²) >= 11 is 0. The third-order valence-electron chi connectivity index (χ3n) is 3.31. The van der Waals surface area contributed by atoms with E-state index in [-0.39, 0.29) is 0 Å². The van der Waals surface area contributed by atoms with Crippen molar-refractivity contribution in [1.29, 1.82) is 0 Å². The minimum Gasteiger partial charge on any atom is -0.397 e. The number of hydrogen-bond acceptors (Lipinski definition) is 2. The summed E-state index contributed by atoms with van der Waals surface area (Å²) in [6.07, 6.45) is 4.54. The Morgan fingerprint density at radius 3 is 2.47 bits per heavy atom. The number of pyridine rings is 1. The van der Waals surface area contributed by atoms with Gasteiger partial charge in [-0.25, -0.2) is 0 Å². The molecule has 0 radical (unpaired) electrons. The third kappa shape index (κ3) is 2.03. The zero-order valence-electron chi connectivity index (χ0n) is 9.98. The molecule has 0 bridgehead atoms. The van der Waals surface area contributed by atoms with Gasteiger partial charge in [-0.15, -0.1) is 0 Å². The molecule has 1 heterocycles. The molecule has 0 spiro atoms. The van der Waals surface area contributed by atoms with Crippen LogP contribution in [0.4, 0.5) is 5.69 Å². The molecule has 0 unspecified atom stereocenters. The highest BCUT2D eigenvalue weighted by Gasteiger charge is 2.24. The van der Waals surface area contributed by atoms with Crippen LogP contribution >= 0.6 is 0 Å². The average molecular weight is 224 g/mol. The van der Waals surface area contributed by atoms with Crippen LogP contribution in [0.5, 0.6) is 0 Å². The lowest BCUT2D eigenvalue weighted by molar-refractivity contribution is 1.10. The number of benzene rings is 1. The maximum atomic E-state index is 6.09. The zero-order valence-corrected chi connectivity index (χ0v) is 9.98. The monoisotopic (exact) mass is 224 g/mol. The van der Waals surface area contributed by atoms with Crippen LogP contribution in [-0.4, -0.2) is 4.98 Å². The fourth-order valence-electron chi connectivity index (χ4n) is 2.09. The van der Waals surface area contributed by atoms with Crippen LogP contribution in [0.15, 0.2) is 36.5 Å². The molecular formula is C15H16N2. The molecule has 0 saturated heterocycles. The Bertz CT molecular complexity index is 539. The van der Waals surface area contributed by atoms with Gasteiger partial charge in [-0.2, -0.15) is 0 Å². The van der Waals surface area contributed by atoms with Gasteiger partial charge in [0.15, 0.2) is 0 Å². The summed E-state index contributed by atoms with van der Waals surface area (Å²) in [6.45, 7) is 2.08. The van der Waals surface area contributed by atoms with Gasteiger partial charge in [-0.05, 0) is 37.3 Å². The van der Waals surface area contributed by atoms with Crippen LogP contribution in [0.1, 0.15) is 29.9 Å². The summed E-state index contributed by atoms with van der Waals surface area (Å²) < 4.78 is 0. The molecule has 1 fully saturated rings. The molecule has 2 heteroatoms. The first-order chi connectivity index (χ1) is 8.24. The molecule has 1 aliphatic carbocycles. The third-order valence-corrected chi connectivity index (χ3v) is 3.31. The lowest BCUT2D eigenvalue weighted by Gasteiger charge is -2.07. The van der Waals surface area contributed by atoms with E-state index < -0.39 is 0 Å². The number of aromatic nitrogens is 1. The average Bonchev–Trinajstić information content (AvgIpc) is 3.14. The molecule has 0 aliphatic heterocycles. The second-order valence-electron chi connectivity index (χ2n) is 4.85. The molecule has 1 aliphatic rings. The predicted octanol–water partition coefficient (Wildman–Crippen LogP) is 3.52. The summed E-state index contributed by atoms with van der Waals surface area (Å²) in [4.78, 5) is 4.51. The Balaban J connectivity index is 1.99. The van der Waals surface area contributed by atoms with Crippen molar-refractivity contribution in [2.45, 2.75) is 25.7 Å². The van der Waals surface area contributed by atoms with Gasteiger partial charge in [0.25, 0.3) is 0 Å². The second kappa shape index (κ2) is 3.88. The summed E-state index contributed by atoms with van der Waals surface area (Å²) in [6, 6.07) is 10.4. The van der Waals surface area contributed by atoms with Crippen LogP contribution in [-0.2, 0) is 0 Å². The molecule has 0 atom stereocenters. The summed E-state index contributed by atoms with van der Waals surface area (Å²) in [7, 11) is 0. The Kier molecular flexibility index (Phi) is 2.36. The van der Waals surface area contributed by atoms with Crippen molar-refractivity contribution in [3.8, 4) is 11.3 Å². The van der Waals surface area contributed by atoms with Gasteiger partial charge in [0.2, 0.25) is 0 Å². The fourth-order valence-corrected chi connectivity index (χ4v) is 2.09. The van der Waals surface area contributed by atoms with Crippen LogP contribution in [0.25, 0.3) is 11.3 Å². The lowest BCUT2D eigenvalue weighted by atomic mass is 10.1. The van der Waals surface area contributed by atoms with Gasteiger partial charge in [0, 0.05) is 11.8 Å². The van der Waals surface area contributed by atoms with E-state index in [9.17, 15) is 0 Å². The first kappa shape index (κ1) is 10.3. The summed E-state index contributed by atoms with van der Waals surface area (Å²) in [5.74, 6) is 0.705. The standard InChI is InChI=1S/C15H16N2/c1-10-2-4-12(5-3-10)15-14(16)8-13(9-17-15)11-6-7-11/h2-5,8-9,11H,6-7,16H2,1H3. The minimum absolute atomic E-state index is 0.705. The number of aryl methyl sites for hydroxylation is 1. The van der Waals surface area contributed by atoms with Gasteiger partial charge < -0.3 is 5.73 Å². The first-order valence-corrected chi connectivity index (χ1v) is 6.06. The Morgan fingerprint density at radius 1 is 1.18 bits per heavy atom. The van der Waals surface area contributed by atoms with Crippen molar-refractivity contribution in [2.24, 2.45) is 0 Å². The van der Waals surface area contributed by atoms with E-state index in [1.165, 1.54) is 24.0 Å². The highest BCUT2D eigenvalue weighted by molar-refractivity contribution is 5.73. The molecule has 2 N–H and O–H groups in total. The molecular weight excluding hydrogens is 208 g/mol. The minimum atomic E-state index is 0.705. The number of nitrogen functional groups attached to an aromatic ring is 1. The van der Waals surface area contributed by atoms with Gasteiger partial charge in [-0.1, -0.05) is 29.8 Å². The van der Waals surface area contributed by atoms with Gasteiger partial charge in [0.05, 0.1) is 11.4 Å². The van der Waals surface area contributed by atoms with Gasteiger partial charge in [0.1, 0.15) is 0 Å². The maximum absolute atomic E-state index is 6.09. The molecule has 1 saturated carbocycles. The largest absolute Gasteiger partial charge is 0.397 e. The van der Waals surface area contributed by atoms with E-state index >= 15 is 0 Å². The second-order valence-corrected chi connectivity index (χ2v) is 4.85. The molecule has 1 aromatic heterocycles. The van der Waals surface area contributed by atoms with Crippen LogP contribution in [0.2, 0.25) is 0 Å². The normalized spacial score (nSPS) is 14.9. The van der Waals surface area contributed by atoms with E-state index in [0.29, 0.717) is 5.92 Å². The van der Waals surface area contributed by atoms with Crippen molar-refractivity contribution in [1.82, 2.24) is 4.98 Å². The molecule has 0 amide bonds. The summed E-state index contributed by atoms with van der Waals surface area (Å²) in [5, 5.41) is 0. The molecule has 2 nitrogen and oxygen atoms in total. The van der Waals surface area contributed by atoms with Crippen molar-refractivity contribution >= 4 is 5.69 Å². The molecule has 3 rings (SSSR count). The quantitative estimate of drug-likeness (QED) is 0.847. The SMILES string of the molecule is Cc1ccc(-c2ncc(C3CC3)cc2N)cc1. The van der Waals surface area contributed by atoms with Crippen molar-refractivity contribution in [3.05, 3.63) is 47.7 Å². The Morgan fingerprint density at radius 2 is 1.88 bits per heavy atom. The van der Waals surface area contributed by atoms with E-state index in [2.05, 4.69) is 42.2 Å². The summed E-state index contributed by atoms with van der Waals surface area (Å²) in [5.41, 5.74) is 11.4. The predicted molar refractivity (Wildman–Crippen MR) is 70.8 cm³/mol. The first-order valence-electron chi connectivity index (χ1n) is 6.06. The Labute approximate surface area is 102 Å². The van der Waals surface area contributed by atoms with Crippen LogP contribution in [0.3, 0.4) is 0 Å².